The molecule has 0 saturated heterocycles. The average molecular weight is 512 g/mol. The van der Waals surface area contributed by atoms with Gasteiger partial charge in [0.15, 0.2) is 0 Å². The van der Waals surface area contributed by atoms with Crippen LogP contribution in [0.1, 0.15) is 43.1 Å². The van der Waals surface area contributed by atoms with Crippen LogP contribution in [0.15, 0.2) is 48.5 Å². The van der Waals surface area contributed by atoms with E-state index in [-0.39, 0.29) is 28.6 Å². The van der Waals surface area contributed by atoms with Crippen molar-refractivity contribution in [2.75, 3.05) is 6.61 Å². The molecule has 2 aromatic carbocycles. The van der Waals surface area contributed by atoms with Gasteiger partial charge in [-0.15, -0.1) is 0 Å². The summed E-state index contributed by atoms with van der Waals surface area (Å²) in [4.78, 5) is 37.0. The van der Waals surface area contributed by atoms with Gasteiger partial charge in [-0.1, -0.05) is 59.6 Å². The van der Waals surface area contributed by atoms with E-state index in [9.17, 15) is 19.5 Å². The van der Waals surface area contributed by atoms with Gasteiger partial charge in [0, 0.05) is 0 Å². The van der Waals surface area contributed by atoms with Crippen molar-refractivity contribution < 1.29 is 33.7 Å². The van der Waals surface area contributed by atoms with Crippen LogP contribution < -0.4 is 5.32 Å². The fourth-order valence-electron chi connectivity index (χ4n) is 2.80. The molecule has 0 aliphatic rings. The SMILES string of the molecule is CC(C)(C)OC(=O)C[C@H](NC(=O)OCc1ccccc1)[C@H](O)COC(=O)c1c(Cl)cccc1Cl. The van der Waals surface area contributed by atoms with Crippen molar-refractivity contribution in [3.63, 3.8) is 0 Å². The topological polar surface area (TPSA) is 111 Å². The minimum atomic E-state index is -1.46. The standard InChI is InChI=1S/C24H27Cl2NO7/c1-24(2,3)34-20(29)12-18(27-23(31)33-13-15-8-5-4-6-9-15)19(28)14-32-22(30)21-16(25)10-7-11-17(21)26/h4-11,18-19,28H,12-14H2,1-3H3,(H,27,31)/t18-,19+/m0/s1. The van der Waals surface area contributed by atoms with Gasteiger partial charge in [0.2, 0.25) is 0 Å². The molecule has 184 valence electrons. The Balaban J connectivity index is 2.03. The highest BCUT2D eigenvalue weighted by molar-refractivity contribution is 6.39. The Morgan fingerprint density at radius 1 is 0.971 bits per heavy atom. The third-order valence-corrected chi connectivity index (χ3v) is 4.97. The maximum Gasteiger partial charge on any atom is 0.407 e. The molecular weight excluding hydrogens is 485 g/mol. The van der Waals surface area contributed by atoms with Crippen molar-refractivity contribution in [2.24, 2.45) is 0 Å². The largest absolute Gasteiger partial charge is 0.460 e. The van der Waals surface area contributed by atoms with E-state index >= 15 is 0 Å². The number of esters is 2. The second-order valence-electron chi connectivity index (χ2n) is 8.37. The summed E-state index contributed by atoms with van der Waals surface area (Å²) in [5.41, 5.74) is -0.0716. The first-order valence-electron chi connectivity index (χ1n) is 10.4. The van der Waals surface area contributed by atoms with E-state index in [2.05, 4.69) is 5.32 Å². The number of amides is 1. The number of carbonyl (C=O) groups excluding carboxylic acids is 3. The number of benzene rings is 2. The van der Waals surface area contributed by atoms with E-state index in [1.165, 1.54) is 12.1 Å². The summed E-state index contributed by atoms with van der Waals surface area (Å²) >= 11 is 12.0. The lowest BCUT2D eigenvalue weighted by molar-refractivity contribution is -0.156. The van der Waals surface area contributed by atoms with Crippen LogP contribution in [0.25, 0.3) is 0 Å². The highest BCUT2D eigenvalue weighted by atomic mass is 35.5. The minimum absolute atomic E-state index is 0.0120. The van der Waals surface area contributed by atoms with E-state index in [1.54, 1.807) is 51.1 Å². The monoisotopic (exact) mass is 511 g/mol. The summed E-state index contributed by atoms with van der Waals surface area (Å²) in [7, 11) is 0. The van der Waals surface area contributed by atoms with Gasteiger partial charge in [0.25, 0.3) is 0 Å². The number of carbonyl (C=O) groups is 3. The summed E-state index contributed by atoms with van der Waals surface area (Å²) in [5.74, 6) is -1.53. The van der Waals surface area contributed by atoms with Crippen molar-refractivity contribution in [1.82, 2.24) is 5.32 Å². The van der Waals surface area contributed by atoms with Gasteiger partial charge in [0.1, 0.15) is 24.9 Å². The fraction of sp³-hybridized carbons (Fsp3) is 0.375. The summed E-state index contributed by atoms with van der Waals surface area (Å²) in [6.45, 7) is 4.50. The molecule has 0 radical (unpaired) electrons. The molecule has 34 heavy (non-hydrogen) atoms. The molecule has 0 unspecified atom stereocenters. The number of hydrogen-bond donors (Lipinski definition) is 2. The zero-order chi connectivity index (χ0) is 25.3. The Morgan fingerprint density at radius 2 is 1.59 bits per heavy atom. The molecule has 0 aromatic heterocycles. The van der Waals surface area contributed by atoms with Crippen LogP contribution in [0.5, 0.6) is 0 Å². The Hall–Kier alpha value is -2.81. The summed E-state index contributed by atoms with van der Waals surface area (Å²) in [6.07, 6.45) is -2.71. The molecule has 0 spiro atoms. The second kappa shape index (κ2) is 12.6. The van der Waals surface area contributed by atoms with Gasteiger partial charge in [0.05, 0.1) is 28.1 Å². The maximum atomic E-state index is 12.4. The first kappa shape index (κ1) is 27.4. The van der Waals surface area contributed by atoms with Gasteiger partial charge >= 0.3 is 18.0 Å². The first-order valence-corrected chi connectivity index (χ1v) is 11.2. The third kappa shape index (κ3) is 9.21. The van der Waals surface area contributed by atoms with Crippen LogP contribution in [0.4, 0.5) is 4.79 Å². The van der Waals surface area contributed by atoms with Crippen LogP contribution in [0.3, 0.4) is 0 Å². The van der Waals surface area contributed by atoms with Gasteiger partial charge in [-0.05, 0) is 38.5 Å². The molecule has 2 rings (SSSR count). The number of rotatable bonds is 9. The van der Waals surface area contributed by atoms with E-state index in [0.29, 0.717) is 0 Å². The van der Waals surface area contributed by atoms with Crippen molar-refractivity contribution in [2.45, 2.75) is 51.5 Å². The molecule has 2 N–H and O–H groups in total. The van der Waals surface area contributed by atoms with Crippen LogP contribution in [-0.4, -0.2) is 47.5 Å². The minimum Gasteiger partial charge on any atom is -0.460 e. The summed E-state index contributed by atoms with van der Waals surface area (Å²) in [5, 5.41) is 13.2. The van der Waals surface area contributed by atoms with Crippen LogP contribution in [0.2, 0.25) is 10.0 Å². The molecule has 0 fully saturated rings. The molecule has 0 saturated carbocycles. The van der Waals surface area contributed by atoms with Gasteiger partial charge in [-0.3, -0.25) is 4.79 Å². The number of aliphatic hydroxyl groups excluding tert-OH is 1. The molecule has 0 bridgehead atoms. The van der Waals surface area contributed by atoms with Crippen LogP contribution in [-0.2, 0) is 25.6 Å². The molecule has 0 heterocycles. The van der Waals surface area contributed by atoms with Crippen molar-refractivity contribution >= 4 is 41.2 Å². The normalized spacial score (nSPS) is 12.9. The summed E-state index contributed by atoms with van der Waals surface area (Å²) < 4.78 is 15.6. The molecule has 2 atom stereocenters. The van der Waals surface area contributed by atoms with Crippen LogP contribution >= 0.6 is 23.2 Å². The highest BCUT2D eigenvalue weighted by Crippen LogP contribution is 2.25. The lowest BCUT2D eigenvalue weighted by Gasteiger charge is -2.25. The third-order valence-electron chi connectivity index (χ3n) is 4.34. The molecule has 2 aromatic rings. The van der Waals surface area contributed by atoms with Crippen molar-refractivity contribution in [1.29, 1.82) is 0 Å². The lowest BCUT2D eigenvalue weighted by atomic mass is 10.1. The van der Waals surface area contributed by atoms with Gasteiger partial charge in [-0.2, -0.15) is 0 Å². The van der Waals surface area contributed by atoms with E-state index in [1.807, 2.05) is 6.07 Å². The number of alkyl carbamates (subject to hydrolysis) is 1. The smallest absolute Gasteiger partial charge is 0.407 e. The predicted octanol–water partition coefficient (Wildman–Crippen LogP) is 4.54. The molecule has 0 aliphatic carbocycles. The number of hydrogen-bond acceptors (Lipinski definition) is 7. The number of halogens is 2. The Morgan fingerprint density at radius 3 is 2.18 bits per heavy atom. The number of ether oxygens (including phenoxy) is 3. The molecular formula is C24H27Cl2NO7. The second-order valence-corrected chi connectivity index (χ2v) is 9.18. The zero-order valence-corrected chi connectivity index (χ0v) is 20.6. The quantitative estimate of drug-likeness (QED) is 0.375. The number of nitrogens with one attached hydrogen (secondary N) is 1. The average Bonchev–Trinajstić information content (AvgIpc) is 2.75. The van der Waals surface area contributed by atoms with Gasteiger partial charge < -0.3 is 24.6 Å². The first-order chi connectivity index (χ1) is 16.0. The molecule has 0 aliphatic heterocycles. The Kier molecular flexibility index (Phi) is 10.2. The molecule has 1 amide bonds. The van der Waals surface area contributed by atoms with Crippen LogP contribution in [0, 0.1) is 0 Å². The Bertz CT molecular complexity index is 972. The highest BCUT2D eigenvalue weighted by Gasteiger charge is 2.29. The summed E-state index contributed by atoms with van der Waals surface area (Å²) in [6, 6.07) is 12.3. The van der Waals surface area contributed by atoms with E-state index in [0.717, 1.165) is 5.56 Å². The van der Waals surface area contributed by atoms with E-state index in [4.69, 9.17) is 37.4 Å². The predicted molar refractivity (Wildman–Crippen MR) is 127 cm³/mol. The fourth-order valence-corrected chi connectivity index (χ4v) is 3.36. The maximum absolute atomic E-state index is 12.4. The molecule has 8 nitrogen and oxygen atoms in total. The Labute approximate surface area is 208 Å². The van der Waals surface area contributed by atoms with E-state index < -0.39 is 42.4 Å². The zero-order valence-electron chi connectivity index (χ0n) is 19.0. The molecule has 10 heteroatoms. The van der Waals surface area contributed by atoms with Crippen molar-refractivity contribution in [3.05, 3.63) is 69.7 Å². The number of aliphatic hydroxyl groups is 1. The van der Waals surface area contributed by atoms with Crippen molar-refractivity contribution in [3.8, 4) is 0 Å². The van der Waals surface area contributed by atoms with Gasteiger partial charge in [-0.25, -0.2) is 9.59 Å². The lowest BCUT2D eigenvalue weighted by Crippen LogP contribution is -2.47.